The second kappa shape index (κ2) is 6.59. The highest BCUT2D eigenvalue weighted by Crippen LogP contribution is 2.19. The molecule has 104 valence electrons. The molecule has 0 bridgehead atoms. The van der Waals surface area contributed by atoms with Gasteiger partial charge in [0.1, 0.15) is 5.82 Å². The lowest BCUT2D eigenvalue weighted by molar-refractivity contribution is 0.0950. The van der Waals surface area contributed by atoms with Crippen LogP contribution in [0.15, 0.2) is 36.5 Å². The molecule has 6 heteroatoms. The highest BCUT2D eigenvalue weighted by molar-refractivity contribution is 6.33. The Morgan fingerprint density at radius 2 is 2.00 bits per heavy atom. The number of carbonyl (C=O) groups excluding carboxylic acids is 1. The molecule has 1 aromatic carbocycles. The van der Waals surface area contributed by atoms with Crippen LogP contribution in [0.5, 0.6) is 0 Å². The Morgan fingerprint density at radius 3 is 2.65 bits per heavy atom. The summed E-state index contributed by atoms with van der Waals surface area (Å²) in [5.41, 5.74) is 1.26. The van der Waals surface area contributed by atoms with E-state index in [4.69, 9.17) is 23.2 Å². The highest BCUT2D eigenvalue weighted by atomic mass is 35.5. The molecule has 2 aromatic rings. The molecule has 1 aromatic heterocycles. The molecule has 0 saturated heterocycles. The second-order valence-electron chi connectivity index (χ2n) is 4.08. The van der Waals surface area contributed by atoms with Gasteiger partial charge < -0.3 is 10.6 Å². The van der Waals surface area contributed by atoms with Crippen LogP contribution in [0.3, 0.4) is 0 Å². The SMILES string of the molecule is CNc1ncc(C(=O)NCc2ccccc2Cl)cc1Cl. The van der Waals surface area contributed by atoms with E-state index in [1.165, 1.54) is 6.20 Å². The molecule has 0 aliphatic rings. The van der Waals surface area contributed by atoms with Gasteiger partial charge in [0.15, 0.2) is 0 Å². The van der Waals surface area contributed by atoms with Crippen molar-refractivity contribution in [3.05, 3.63) is 57.7 Å². The Bertz CT molecular complexity index is 632. The van der Waals surface area contributed by atoms with Crippen molar-refractivity contribution >= 4 is 34.9 Å². The lowest BCUT2D eigenvalue weighted by Crippen LogP contribution is -2.23. The van der Waals surface area contributed by atoms with Gasteiger partial charge in [-0.15, -0.1) is 0 Å². The Balaban J connectivity index is 2.05. The first kappa shape index (κ1) is 14.6. The zero-order chi connectivity index (χ0) is 14.5. The second-order valence-corrected chi connectivity index (χ2v) is 4.89. The lowest BCUT2D eigenvalue weighted by atomic mass is 10.2. The van der Waals surface area contributed by atoms with Gasteiger partial charge in [0.2, 0.25) is 0 Å². The van der Waals surface area contributed by atoms with Crippen molar-refractivity contribution in [1.82, 2.24) is 10.3 Å². The van der Waals surface area contributed by atoms with E-state index < -0.39 is 0 Å². The average Bonchev–Trinajstić information content (AvgIpc) is 2.46. The number of hydrogen-bond acceptors (Lipinski definition) is 3. The predicted molar refractivity (Wildman–Crippen MR) is 81.4 cm³/mol. The van der Waals surface area contributed by atoms with E-state index in [2.05, 4.69) is 15.6 Å². The van der Waals surface area contributed by atoms with E-state index in [9.17, 15) is 4.79 Å². The van der Waals surface area contributed by atoms with Gasteiger partial charge in [0.05, 0.1) is 10.6 Å². The van der Waals surface area contributed by atoms with E-state index in [1.54, 1.807) is 19.2 Å². The molecule has 0 spiro atoms. The van der Waals surface area contributed by atoms with Crippen molar-refractivity contribution in [2.45, 2.75) is 6.54 Å². The van der Waals surface area contributed by atoms with E-state index >= 15 is 0 Å². The number of aromatic nitrogens is 1. The molecule has 1 amide bonds. The summed E-state index contributed by atoms with van der Waals surface area (Å²) in [7, 11) is 1.71. The minimum Gasteiger partial charge on any atom is -0.372 e. The van der Waals surface area contributed by atoms with E-state index in [1.807, 2.05) is 18.2 Å². The minimum absolute atomic E-state index is 0.248. The number of halogens is 2. The van der Waals surface area contributed by atoms with E-state index in [0.717, 1.165) is 5.56 Å². The Hall–Kier alpha value is -1.78. The zero-order valence-electron chi connectivity index (χ0n) is 10.8. The summed E-state index contributed by atoms with van der Waals surface area (Å²) in [5.74, 6) is 0.288. The molecule has 0 aliphatic heterocycles. The number of pyridine rings is 1. The van der Waals surface area contributed by atoms with E-state index in [0.29, 0.717) is 28.0 Å². The van der Waals surface area contributed by atoms with Gasteiger partial charge in [-0.3, -0.25) is 4.79 Å². The summed E-state index contributed by atoms with van der Waals surface area (Å²) in [5, 5.41) is 6.63. The highest BCUT2D eigenvalue weighted by Gasteiger charge is 2.09. The van der Waals surface area contributed by atoms with Crippen LogP contribution in [0.4, 0.5) is 5.82 Å². The first-order valence-electron chi connectivity index (χ1n) is 5.96. The Kier molecular flexibility index (Phi) is 4.82. The maximum absolute atomic E-state index is 12.0. The van der Waals surface area contributed by atoms with Crippen LogP contribution in [-0.2, 0) is 6.54 Å². The summed E-state index contributed by atoms with van der Waals surface area (Å²) < 4.78 is 0. The van der Waals surface area contributed by atoms with Crippen molar-refractivity contribution in [2.24, 2.45) is 0 Å². The Labute approximate surface area is 127 Å². The standard InChI is InChI=1S/C14H13Cl2N3O/c1-17-13-12(16)6-10(8-18-13)14(20)19-7-9-4-2-3-5-11(9)15/h2-6,8H,7H2,1H3,(H,17,18)(H,19,20). The largest absolute Gasteiger partial charge is 0.372 e. The number of nitrogens with zero attached hydrogens (tertiary/aromatic N) is 1. The molecule has 0 aliphatic carbocycles. The number of benzene rings is 1. The van der Waals surface area contributed by atoms with Crippen molar-refractivity contribution in [1.29, 1.82) is 0 Å². The number of anilines is 1. The monoisotopic (exact) mass is 309 g/mol. The van der Waals surface area contributed by atoms with Crippen LogP contribution >= 0.6 is 23.2 Å². The Morgan fingerprint density at radius 1 is 1.25 bits per heavy atom. The number of carbonyl (C=O) groups is 1. The van der Waals surface area contributed by atoms with Gasteiger partial charge in [0, 0.05) is 24.8 Å². The molecule has 2 N–H and O–H groups in total. The van der Waals surface area contributed by atoms with Crippen LogP contribution in [0, 0.1) is 0 Å². The van der Waals surface area contributed by atoms with Gasteiger partial charge in [0.25, 0.3) is 5.91 Å². The topological polar surface area (TPSA) is 54.0 Å². The fourth-order valence-corrected chi connectivity index (χ4v) is 2.13. The minimum atomic E-state index is -0.248. The van der Waals surface area contributed by atoms with Crippen molar-refractivity contribution in [2.75, 3.05) is 12.4 Å². The molecule has 0 fully saturated rings. The number of amides is 1. The van der Waals surface area contributed by atoms with Crippen LogP contribution in [0.2, 0.25) is 10.0 Å². The number of nitrogens with one attached hydrogen (secondary N) is 2. The van der Waals surface area contributed by atoms with Gasteiger partial charge in [-0.1, -0.05) is 41.4 Å². The van der Waals surface area contributed by atoms with Crippen LogP contribution in [-0.4, -0.2) is 17.9 Å². The molecule has 0 radical (unpaired) electrons. The summed E-state index contributed by atoms with van der Waals surface area (Å²) >= 11 is 12.0. The molecule has 20 heavy (non-hydrogen) atoms. The summed E-state index contributed by atoms with van der Waals surface area (Å²) in [4.78, 5) is 16.1. The van der Waals surface area contributed by atoms with Gasteiger partial charge in [-0.05, 0) is 17.7 Å². The van der Waals surface area contributed by atoms with Crippen molar-refractivity contribution < 1.29 is 4.79 Å². The molecule has 1 heterocycles. The molecule has 0 atom stereocenters. The maximum atomic E-state index is 12.0. The zero-order valence-corrected chi connectivity index (χ0v) is 12.3. The quantitative estimate of drug-likeness (QED) is 0.910. The molecular weight excluding hydrogens is 297 g/mol. The first-order chi connectivity index (χ1) is 9.61. The van der Waals surface area contributed by atoms with Crippen LogP contribution in [0.1, 0.15) is 15.9 Å². The van der Waals surface area contributed by atoms with Gasteiger partial charge in [-0.25, -0.2) is 4.98 Å². The van der Waals surface area contributed by atoms with Gasteiger partial charge in [-0.2, -0.15) is 0 Å². The third-order valence-electron chi connectivity index (χ3n) is 2.74. The average molecular weight is 310 g/mol. The van der Waals surface area contributed by atoms with Crippen molar-refractivity contribution in [3.63, 3.8) is 0 Å². The summed E-state index contributed by atoms with van der Waals surface area (Å²) in [6, 6.07) is 8.92. The fourth-order valence-electron chi connectivity index (χ4n) is 1.67. The van der Waals surface area contributed by atoms with Crippen LogP contribution < -0.4 is 10.6 Å². The van der Waals surface area contributed by atoms with Crippen LogP contribution in [0.25, 0.3) is 0 Å². The first-order valence-corrected chi connectivity index (χ1v) is 6.72. The molecular formula is C14H13Cl2N3O. The smallest absolute Gasteiger partial charge is 0.253 e. The molecule has 0 saturated carbocycles. The summed E-state index contributed by atoms with van der Waals surface area (Å²) in [6.45, 7) is 0.351. The molecule has 2 rings (SSSR count). The van der Waals surface area contributed by atoms with Crippen molar-refractivity contribution in [3.8, 4) is 0 Å². The fraction of sp³-hybridized carbons (Fsp3) is 0.143. The predicted octanol–water partition coefficient (Wildman–Crippen LogP) is 3.36. The molecule has 0 unspecified atom stereocenters. The molecule has 4 nitrogen and oxygen atoms in total. The lowest BCUT2D eigenvalue weighted by Gasteiger charge is -2.08. The normalized spacial score (nSPS) is 10.2. The van der Waals surface area contributed by atoms with E-state index in [-0.39, 0.29) is 5.91 Å². The number of hydrogen-bond donors (Lipinski definition) is 2. The number of rotatable bonds is 4. The van der Waals surface area contributed by atoms with Gasteiger partial charge >= 0.3 is 0 Å². The third-order valence-corrected chi connectivity index (χ3v) is 3.39. The maximum Gasteiger partial charge on any atom is 0.253 e. The third kappa shape index (κ3) is 3.40. The summed E-state index contributed by atoms with van der Waals surface area (Å²) in [6.07, 6.45) is 1.47.